The Hall–Kier alpha value is -0.990. The fraction of sp³-hybridized carbons (Fsp3) is 0.769. The number of carbonyl (C=O) groups is 1. The topological polar surface area (TPSA) is 46.3 Å². The molecule has 92 valence electrons. The van der Waals surface area contributed by atoms with Crippen LogP contribution in [0.5, 0.6) is 0 Å². The lowest BCUT2D eigenvalue weighted by Crippen LogP contribution is -2.34. The molecule has 1 unspecified atom stereocenters. The highest BCUT2D eigenvalue weighted by Crippen LogP contribution is 2.21. The zero-order valence-electron chi connectivity index (χ0n) is 10.4. The molecule has 1 amide bonds. The van der Waals surface area contributed by atoms with E-state index in [-0.39, 0.29) is 11.8 Å². The molecule has 3 nitrogen and oxygen atoms in total. The first-order valence-corrected chi connectivity index (χ1v) is 6.37. The van der Waals surface area contributed by atoms with Gasteiger partial charge in [-0.3, -0.25) is 4.79 Å². The molecule has 0 aliphatic carbocycles. The number of hydrogen-bond acceptors (Lipinski definition) is 2. The van der Waals surface area contributed by atoms with E-state index in [9.17, 15) is 4.79 Å². The second kappa shape index (κ2) is 6.56. The van der Waals surface area contributed by atoms with Gasteiger partial charge in [0.15, 0.2) is 0 Å². The maximum absolute atomic E-state index is 12.2. The number of likely N-dealkylation sites (tertiary alicyclic amines) is 1. The first kappa shape index (κ1) is 13.1. The summed E-state index contributed by atoms with van der Waals surface area (Å²) in [5.41, 5.74) is 6.27. The summed E-state index contributed by atoms with van der Waals surface area (Å²) in [5, 5.41) is 0. The summed E-state index contributed by atoms with van der Waals surface area (Å²) in [6.07, 6.45) is 6.11. The van der Waals surface area contributed by atoms with Crippen LogP contribution in [-0.4, -0.2) is 23.9 Å². The van der Waals surface area contributed by atoms with Crippen molar-refractivity contribution in [1.29, 1.82) is 0 Å². The van der Waals surface area contributed by atoms with E-state index in [1.165, 1.54) is 0 Å². The van der Waals surface area contributed by atoms with Gasteiger partial charge in [-0.25, -0.2) is 0 Å². The minimum Gasteiger partial charge on any atom is -0.402 e. The van der Waals surface area contributed by atoms with Crippen molar-refractivity contribution in [3.63, 3.8) is 0 Å². The van der Waals surface area contributed by atoms with Crippen LogP contribution in [0.25, 0.3) is 0 Å². The second-order valence-electron chi connectivity index (χ2n) is 4.73. The molecule has 1 heterocycles. The minimum absolute atomic E-state index is 0.0653. The van der Waals surface area contributed by atoms with E-state index in [0.29, 0.717) is 12.1 Å². The Morgan fingerprint density at radius 2 is 2.06 bits per heavy atom. The zero-order valence-corrected chi connectivity index (χ0v) is 10.4. The Kier molecular flexibility index (Phi) is 5.36. The van der Waals surface area contributed by atoms with Gasteiger partial charge in [0.25, 0.3) is 0 Å². The Bertz CT molecular complexity index is 244. The standard InChI is InChI=1S/C13H24N2O/c1-3-4-7-12(10-11(2)14)13(16)15-8-5-6-9-15/h12H,2-10,14H2,1H3. The first-order chi connectivity index (χ1) is 7.65. The van der Waals surface area contributed by atoms with E-state index < -0.39 is 0 Å². The number of amides is 1. The maximum atomic E-state index is 12.2. The maximum Gasteiger partial charge on any atom is 0.226 e. The van der Waals surface area contributed by atoms with E-state index in [2.05, 4.69) is 13.5 Å². The van der Waals surface area contributed by atoms with Crippen molar-refractivity contribution < 1.29 is 4.79 Å². The predicted octanol–water partition coefficient (Wildman–Crippen LogP) is 2.28. The smallest absolute Gasteiger partial charge is 0.226 e. The van der Waals surface area contributed by atoms with Crippen molar-refractivity contribution >= 4 is 5.91 Å². The molecule has 3 heteroatoms. The second-order valence-corrected chi connectivity index (χ2v) is 4.73. The Labute approximate surface area is 98.7 Å². The fourth-order valence-corrected chi connectivity index (χ4v) is 2.28. The lowest BCUT2D eigenvalue weighted by Gasteiger charge is -2.23. The third-order valence-electron chi connectivity index (χ3n) is 3.18. The fourth-order valence-electron chi connectivity index (χ4n) is 2.28. The van der Waals surface area contributed by atoms with E-state index >= 15 is 0 Å². The van der Waals surface area contributed by atoms with Gasteiger partial charge in [0, 0.05) is 24.7 Å². The molecule has 1 rings (SSSR count). The molecule has 0 bridgehead atoms. The molecule has 1 aliphatic heterocycles. The van der Waals surface area contributed by atoms with Gasteiger partial charge in [0.1, 0.15) is 0 Å². The highest BCUT2D eigenvalue weighted by Gasteiger charge is 2.25. The molecule has 1 aliphatic rings. The lowest BCUT2D eigenvalue weighted by atomic mass is 9.95. The quantitative estimate of drug-likeness (QED) is 0.752. The molecule has 0 aromatic heterocycles. The van der Waals surface area contributed by atoms with Crippen molar-refractivity contribution in [3.05, 3.63) is 12.3 Å². The van der Waals surface area contributed by atoms with Gasteiger partial charge in [-0.2, -0.15) is 0 Å². The van der Waals surface area contributed by atoms with Gasteiger partial charge in [0.05, 0.1) is 0 Å². The number of rotatable bonds is 6. The normalized spacial score (nSPS) is 17.4. The molecule has 1 atom stereocenters. The van der Waals surface area contributed by atoms with Crippen LogP contribution >= 0.6 is 0 Å². The summed E-state index contributed by atoms with van der Waals surface area (Å²) in [7, 11) is 0. The van der Waals surface area contributed by atoms with E-state index in [1.54, 1.807) is 0 Å². The monoisotopic (exact) mass is 224 g/mol. The molecular formula is C13H24N2O. The van der Waals surface area contributed by atoms with Crippen molar-refractivity contribution in [3.8, 4) is 0 Å². The first-order valence-electron chi connectivity index (χ1n) is 6.37. The van der Waals surface area contributed by atoms with Gasteiger partial charge in [0.2, 0.25) is 5.91 Å². The van der Waals surface area contributed by atoms with Gasteiger partial charge in [-0.1, -0.05) is 26.3 Å². The molecule has 2 N–H and O–H groups in total. The molecule has 0 saturated carbocycles. The third kappa shape index (κ3) is 3.87. The van der Waals surface area contributed by atoms with Gasteiger partial charge < -0.3 is 10.6 Å². The highest BCUT2D eigenvalue weighted by molar-refractivity contribution is 5.79. The number of allylic oxidation sites excluding steroid dienone is 1. The average molecular weight is 224 g/mol. The van der Waals surface area contributed by atoms with Crippen molar-refractivity contribution in [2.45, 2.75) is 45.4 Å². The summed E-state index contributed by atoms with van der Waals surface area (Å²) >= 11 is 0. The Morgan fingerprint density at radius 1 is 1.44 bits per heavy atom. The van der Waals surface area contributed by atoms with Crippen LogP contribution in [0.2, 0.25) is 0 Å². The molecule has 16 heavy (non-hydrogen) atoms. The zero-order chi connectivity index (χ0) is 12.0. The summed E-state index contributed by atoms with van der Waals surface area (Å²) in [5.74, 6) is 0.355. The van der Waals surface area contributed by atoms with Gasteiger partial charge in [-0.15, -0.1) is 0 Å². The third-order valence-corrected chi connectivity index (χ3v) is 3.18. The summed E-state index contributed by atoms with van der Waals surface area (Å²) in [6.45, 7) is 7.72. The highest BCUT2D eigenvalue weighted by atomic mass is 16.2. The van der Waals surface area contributed by atoms with Gasteiger partial charge in [-0.05, 0) is 25.7 Å². The van der Waals surface area contributed by atoms with Crippen LogP contribution in [0.4, 0.5) is 0 Å². The molecule has 0 radical (unpaired) electrons. The van der Waals surface area contributed by atoms with E-state index in [1.807, 2.05) is 4.90 Å². The number of unbranched alkanes of at least 4 members (excludes halogenated alkanes) is 1. The van der Waals surface area contributed by atoms with Gasteiger partial charge >= 0.3 is 0 Å². The van der Waals surface area contributed by atoms with E-state index in [4.69, 9.17) is 5.73 Å². The predicted molar refractivity (Wildman–Crippen MR) is 66.8 cm³/mol. The summed E-state index contributed by atoms with van der Waals surface area (Å²) in [6, 6.07) is 0. The van der Waals surface area contributed by atoms with Crippen LogP contribution in [0.1, 0.15) is 45.4 Å². The average Bonchev–Trinajstić information content (AvgIpc) is 2.76. The molecule has 0 spiro atoms. The van der Waals surface area contributed by atoms with Crippen LogP contribution in [0.3, 0.4) is 0 Å². The molecule has 0 aromatic rings. The van der Waals surface area contributed by atoms with Crippen LogP contribution in [0.15, 0.2) is 12.3 Å². The van der Waals surface area contributed by atoms with Crippen LogP contribution < -0.4 is 5.73 Å². The van der Waals surface area contributed by atoms with Crippen LogP contribution in [0, 0.1) is 5.92 Å². The molecular weight excluding hydrogens is 200 g/mol. The van der Waals surface area contributed by atoms with Crippen molar-refractivity contribution in [2.75, 3.05) is 13.1 Å². The number of nitrogens with two attached hydrogens (primary N) is 1. The van der Waals surface area contributed by atoms with Crippen LogP contribution in [-0.2, 0) is 4.79 Å². The molecule has 1 saturated heterocycles. The summed E-state index contributed by atoms with van der Waals surface area (Å²) in [4.78, 5) is 14.2. The number of hydrogen-bond donors (Lipinski definition) is 1. The molecule has 0 aromatic carbocycles. The number of nitrogens with zero attached hydrogens (tertiary/aromatic N) is 1. The van der Waals surface area contributed by atoms with Crippen molar-refractivity contribution in [2.24, 2.45) is 11.7 Å². The van der Waals surface area contributed by atoms with Crippen molar-refractivity contribution in [1.82, 2.24) is 4.90 Å². The Balaban J connectivity index is 2.51. The minimum atomic E-state index is 0.0653. The number of carbonyl (C=O) groups excluding carboxylic acids is 1. The van der Waals surface area contributed by atoms with E-state index in [0.717, 1.165) is 45.2 Å². The molecule has 1 fully saturated rings. The Morgan fingerprint density at radius 3 is 2.56 bits per heavy atom. The SMILES string of the molecule is C=C(N)CC(CCCC)C(=O)N1CCCC1. The lowest BCUT2D eigenvalue weighted by molar-refractivity contribution is -0.134. The largest absolute Gasteiger partial charge is 0.402 e. The summed E-state index contributed by atoms with van der Waals surface area (Å²) < 4.78 is 0.